The van der Waals surface area contributed by atoms with Crippen LogP contribution >= 0.6 is 11.3 Å². The van der Waals surface area contributed by atoms with Gasteiger partial charge in [0.2, 0.25) is 0 Å². The van der Waals surface area contributed by atoms with E-state index in [0.29, 0.717) is 13.0 Å². The molecule has 5 rings (SSSR count). The van der Waals surface area contributed by atoms with Crippen LogP contribution in [-0.4, -0.2) is 64.2 Å². The maximum absolute atomic E-state index is 13.6. The number of nitrogens with one attached hydrogen (secondary N) is 1. The average molecular weight is 511 g/mol. The quantitative estimate of drug-likeness (QED) is 0.447. The van der Waals surface area contributed by atoms with Gasteiger partial charge in [0.1, 0.15) is 5.82 Å². The van der Waals surface area contributed by atoms with Gasteiger partial charge in [-0.2, -0.15) is 5.10 Å². The number of piperidine rings is 1. The van der Waals surface area contributed by atoms with E-state index in [1.165, 1.54) is 0 Å². The second kappa shape index (κ2) is 10.6. The van der Waals surface area contributed by atoms with Crippen molar-refractivity contribution in [1.82, 2.24) is 24.8 Å². The van der Waals surface area contributed by atoms with Crippen molar-refractivity contribution >= 4 is 28.7 Å². The predicted octanol–water partition coefficient (Wildman–Crippen LogP) is 3.18. The summed E-state index contributed by atoms with van der Waals surface area (Å²) in [6.07, 6.45) is 5.98. The lowest BCUT2D eigenvalue weighted by Gasteiger charge is -2.36. The molecule has 0 bridgehead atoms. The van der Waals surface area contributed by atoms with Crippen LogP contribution in [0.15, 0.2) is 35.0 Å². The first-order valence-corrected chi connectivity index (χ1v) is 13.6. The van der Waals surface area contributed by atoms with Gasteiger partial charge in [0.15, 0.2) is 11.7 Å². The summed E-state index contributed by atoms with van der Waals surface area (Å²) in [5.74, 6) is 0.717. The molecule has 2 aliphatic rings. The molecule has 36 heavy (non-hydrogen) atoms. The molecule has 0 radical (unpaired) electrons. The van der Waals surface area contributed by atoms with Crippen LogP contribution in [0.3, 0.4) is 0 Å². The number of rotatable bonds is 8. The lowest BCUT2D eigenvalue weighted by atomic mass is 9.97. The van der Waals surface area contributed by atoms with Crippen LogP contribution < -0.4 is 16.0 Å². The number of nitrogens with two attached hydrogens (primary N) is 1. The fourth-order valence-electron chi connectivity index (χ4n) is 5.45. The second-order valence-electron chi connectivity index (χ2n) is 9.87. The van der Waals surface area contributed by atoms with E-state index < -0.39 is 6.04 Å². The molecule has 2 saturated heterocycles. The molecule has 2 fully saturated rings. The summed E-state index contributed by atoms with van der Waals surface area (Å²) in [6, 6.07) is 4.88. The molecule has 3 N–H and O–H groups in total. The smallest absolute Gasteiger partial charge is 0.251 e. The number of nitroso groups, excluding NO2 is 1. The molecule has 0 aliphatic carbocycles. The minimum atomic E-state index is -0.950. The summed E-state index contributed by atoms with van der Waals surface area (Å²) >= 11 is 1.61. The molecule has 5 heterocycles. The number of aromatic nitrogens is 3. The molecule has 3 aromatic heterocycles. The van der Waals surface area contributed by atoms with Gasteiger partial charge in [-0.15, -0.1) is 16.2 Å². The first kappa shape index (κ1) is 24.8. The van der Waals surface area contributed by atoms with Gasteiger partial charge in [0, 0.05) is 60.8 Å². The number of thiophene rings is 1. The Morgan fingerprint density at radius 1 is 1.33 bits per heavy atom. The van der Waals surface area contributed by atoms with Gasteiger partial charge in [-0.25, -0.2) is 9.50 Å². The van der Waals surface area contributed by atoms with E-state index >= 15 is 0 Å². The topological polar surface area (TPSA) is 121 Å². The monoisotopic (exact) mass is 510 g/mol. The van der Waals surface area contributed by atoms with Crippen molar-refractivity contribution < 1.29 is 4.79 Å². The highest BCUT2D eigenvalue weighted by Gasteiger charge is 2.36. The fourth-order valence-corrected chi connectivity index (χ4v) is 6.30. The van der Waals surface area contributed by atoms with Crippen molar-refractivity contribution in [2.75, 3.05) is 31.6 Å². The number of anilines is 1. The number of carbonyl (C=O) groups is 1. The van der Waals surface area contributed by atoms with E-state index in [-0.39, 0.29) is 24.0 Å². The van der Waals surface area contributed by atoms with Gasteiger partial charge in [-0.1, -0.05) is 11.2 Å². The molecule has 2 aliphatic heterocycles. The Morgan fingerprint density at radius 3 is 2.89 bits per heavy atom. The first-order valence-electron chi connectivity index (χ1n) is 12.7. The summed E-state index contributed by atoms with van der Waals surface area (Å²) in [5, 5.41) is 13.3. The molecule has 3 aromatic rings. The van der Waals surface area contributed by atoms with Gasteiger partial charge in [0.25, 0.3) is 5.91 Å². The zero-order valence-corrected chi connectivity index (χ0v) is 21.7. The van der Waals surface area contributed by atoms with Crippen LogP contribution in [0.2, 0.25) is 0 Å². The highest BCUT2D eigenvalue weighted by molar-refractivity contribution is 7.10. The molecular weight excluding hydrogens is 476 g/mol. The number of likely N-dealkylation sites (tertiary alicyclic amines) is 1. The van der Waals surface area contributed by atoms with E-state index in [9.17, 15) is 9.70 Å². The van der Waals surface area contributed by atoms with Crippen LogP contribution in [0, 0.1) is 11.8 Å². The third-order valence-corrected chi connectivity index (χ3v) is 8.37. The molecule has 4 atom stereocenters. The molecule has 192 valence electrons. The summed E-state index contributed by atoms with van der Waals surface area (Å²) in [4.78, 5) is 35.5. The Hall–Kier alpha value is -2.89. The maximum Gasteiger partial charge on any atom is 0.251 e. The number of fused-ring (bicyclic) bond motifs is 1. The van der Waals surface area contributed by atoms with E-state index in [4.69, 9.17) is 15.8 Å². The highest BCUT2D eigenvalue weighted by atomic mass is 32.1. The van der Waals surface area contributed by atoms with Crippen molar-refractivity contribution in [3.8, 4) is 0 Å². The third kappa shape index (κ3) is 4.87. The first-order chi connectivity index (χ1) is 17.5. The minimum Gasteiger partial charge on any atom is -0.355 e. The number of amides is 1. The number of hydrogen-bond acceptors (Lipinski definition) is 9. The Bertz CT molecular complexity index is 1210. The Morgan fingerprint density at radius 2 is 2.19 bits per heavy atom. The van der Waals surface area contributed by atoms with E-state index in [0.717, 1.165) is 66.4 Å². The SMILES string of the molecule is CNC(CC(N=O)C(=O)N1CCCC[C@H]1c1cc2nc(N3CC[C@H](N)C3)c(C)cn2n1)c1cccs1. The molecule has 0 aromatic carbocycles. The summed E-state index contributed by atoms with van der Waals surface area (Å²) in [5.41, 5.74) is 8.71. The molecular formula is C25H34N8O2S. The Kier molecular flexibility index (Phi) is 7.31. The standard InChI is InChI=1S/C25H34N8O2S/c1-16-14-33-23(28-24(16)31-10-8-17(26)15-31)13-18(29-33)21-6-3-4-9-32(21)25(34)20(30-35)12-19(27-2)22-7-5-11-36-22/h5,7,11,13-14,17,19-21,27H,3-4,6,8-10,12,15,26H2,1-2H3/t17-,19?,20?,21-/m0/s1. The van der Waals surface area contributed by atoms with Crippen molar-refractivity contribution in [1.29, 1.82) is 0 Å². The van der Waals surface area contributed by atoms with Crippen LogP contribution in [0.25, 0.3) is 5.65 Å². The predicted molar refractivity (Wildman–Crippen MR) is 141 cm³/mol. The molecule has 0 spiro atoms. The molecule has 10 nitrogen and oxygen atoms in total. The van der Waals surface area contributed by atoms with Crippen molar-refractivity contribution in [2.24, 2.45) is 10.9 Å². The van der Waals surface area contributed by atoms with E-state index in [2.05, 4.69) is 15.4 Å². The lowest BCUT2D eigenvalue weighted by Crippen LogP contribution is -2.44. The van der Waals surface area contributed by atoms with Crippen LogP contribution in [0.1, 0.15) is 60.3 Å². The van der Waals surface area contributed by atoms with E-state index in [1.807, 2.05) is 48.6 Å². The van der Waals surface area contributed by atoms with Gasteiger partial charge in [-0.05, 0) is 51.1 Å². The number of nitrogens with zero attached hydrogens (tertiary/aromatic N) is 6. The Labute approximate surface area is 214 Å². The molecule has 11 heteroatoms. The number of hydrogen-bond donors (Lipinski definition) is 2. The molecule has 1 amide bonds. The largest absolute Gasteiger partial charge is 0.355 e. The van der Waals surface area contributed by atoms with Gasteiger partial charge in [0.05, 0.1) is 11.7 Å². The van der Waals surface area contributed by atoms with Crippen LogP contribution in [0.5, 0.6) is 0 Å². The number of aryl methyl sites for hydroxylation is 1. The molecule has 0 saturated carbocycles. The highest BCUT2D eigenvalue weighted by Crippen LogP contribution is 2.33. The molecule has 2 unspecified atom stereocenters. The lowest BCUT2D eigenvalue weighted by molar-refractivity contribution is -0.136. The normalized spacial score (nSPS) is 22.2. The summed E-state index contributed by atoms with van der Waals surface area (Å²) < 4.78 is 1.80. The second-order valence-corrected chi connectivity index (χ2v) is 10.9. The van der Waals surface area contributed by atoms with Crippen molar-refractivity contribution in [2.45, 2.75) is 63.2 Å². The maximum atomic E-state index is 13.6. The van der Waals surface area contributed by atoms with Gasteiger partial charge >= 0.3 is 0 Å². The van der Waals surface area contributed by atoms with E-state index in [1.54, 1.807) is 15.9 Å². The zero-order chi connectivity index (χ0) is 25.2. The zero-order valence-electron chi connectivity index (χ0n) is 20.8. The summed E-state index contributed by atoms with van der Waals surface area (Å²) in [7, 11) is 1.84. The Balaban J connectivity index is 1.39. The van der Waals surface area contributed by atoms with Crippen molar-refractivity contribution in [3.63, 3.8) is 0 Å². The minimum absolute atomic E-state index is 0.0978. The third-order valence-electron chi connectivity index (χ3n) is 7.38. The average Bonchev–Trinajstić information content (AvgIpc) is 3.65. The number of carbonyl (C=O) groups excluding carboxylic acids is 1. The fraction of sp³-hybridized carbons (Fsp3) is 0.560. The van der Waals surface area contributed by atoms with Crippen LogP contribution in [-0.2, 0) is 4.79 Å². The van der Waals surface area contributed by atoms with Crippen molar-refractivity contribution in [3.05, 3.63) is 50.8 Å². The van der Waals surface area contributed by atoms with Gasteiger partial charge in [-0.3, -0.25) is 4.79 Å². The van der Waals surface area contributed by atoms with Crippen LogP contribution in [0.4, 0.5) is 5.82 Å². The van der Waals surface area contributed by atoms with Gasteiger partial charge < -0.3 is 20.9 Å². The summed E-state index contributed by atoms with van der Waals surface area (Å²) in [6.45, 7) is 4.33.